The minimum atomic E-state index is -4.30. The van der Waals surface area contributed by atoms with Crippen molar-refractivity contribution in [1.29, 1.82) is 5.26 Å². The van der Waals surface area contributed by atoms with Crippen molar-refractivity contribution >= 4 is 5.69 Å². The predicted octanol–water partition coefficient (Wildman–Crippen LogP) is 3.08. The molecular weight excluding hydrogens is 343 g/mol. The number of benzene rings is 1. The Bertz CT molecular complexity index is 765. The summed E-state index contributed by atoms with van der Waals surface area (Å²) in [7, 11) is 0. The maximum absolute atomic E-state index is 12.6. The molecule has 136 valence electrons. The normalized spacial score (nSPS) is 16.2. The summed E-state index contributed by atoms with van der Waals surface area (Å²) >= 11 is 0. The van der Waals surface area contributed by atoms with Gasteiger partial charge in [0.25, 0.3) is 0 Å². The number of anilines is 1. The molecule has 0 radical (unpaired) electrons. The smallest absolute Gasteiger partial charge is 0.368 e. The van der Waals surface area contributed by atoms with Crippen LogP contribution in [0.5, 0.6) is 0 Å². The molecule has 0 aliphatic carbocycles. The quantitative estimate of drug-likeness (QED) is 0.841. The molecule has 1 aliphatic rings. The summed E-state index contributed by atoms with van der Waals surface area (Å²) < 4.78 is 37.9. The summed E-state index contributed by atoms with van der Waals surface area (Å²) in [5.74, 6) is 0.146. The molecule has 1 aromatic carbocycles. The summed E-state index contributed by atoms with van der Waals surface area (Å²) in [6.45, 7) is 3.90. The maximum Gasteiger partial charge on any atom is 0.416 e. The average Bonchev–Trinajstić information content (AvgIpc) is 2.87. The first-order valence-electron chi connectivity index (χ1n) is 8.31. The number of nitriles is 1. The Morgan fingerprint density at radius 3 is 2.31 bits per heavy atom. The monoisotopic (exact) mass is 361 g/mol. The molecular formula is C18H18F3N5. The van der Waals surface area contributed by atoms with Gasteiger partial charge in [0.2, 0.25) is 5.82 Å². The van der Waals surface area contributed by atoms with Crippen LogP contribution in [0.25, 0.3) is 0 Å². The summed E-state index contributed by atoms with van der Waals surface area (Å²) in [5.41, 5.74) is 1.12. The van der Waals surface area contributed by atoms with Crippen LogP contribution >= 0.6 is 0 Å². The minimum Gasteiger partial charge on any atom is -0.368 e. The minimum absolute atomic E-state index is 0.146. The highest BCUT2D eigenvalue weighted by atomic mass is 19.4. The molecule has 0 spiro atoms. The zero-order chi connectivity index (χ0) is 18.6. The Morgan fingerprint density at radius 2 is 1.69 bits per heavy atom. The number of hydrogen-bond acceptors (Lipinski definition) is 5. The Labute approximate surface area is 149 Å². The molecule has 1 fully saturated rings. The summed E-state index contributed by atoms with van der Waals surface area (Å²) in [6.07, 6.45) is -0.0699. The second-order valence-electron chi connectivity index (χ2n) is 6.19. The third kappa shape index (κ3) is 4.49. The molecule has 1 saturated heterocycles. The van der Waals surface area contributed by atoms with Crippen LogP contribution in [0.3, 0.4) is 0 Å². The fourth-order valence-corrected chi connectivity index (χ4v) is 2.99. The fraction of sp³-hybridized carbons (Fsp3) is 0.389. The number of alkyl halides is 3. The number of hydrogen-bond donors (Lipinski definition) is 0. The van der Waals surface area contributed by atoms with Crippen LogP contribution in [0.15, 0.2) is 36.7 Å². The van der Waals surface area contributed by atoms with Gasteiger partial charge in [-0.15, -0.1) is 0 Å². The van der Waals surface area contributed by atoms with Crippen LogP contribution in [0, 0.1) is 11.3 Å². The highest BCUT2D eigenvalue weighted by Crippen LogP contribution is 2.29. The van der Waals surface area contributed by atoms with E-state index in [9.17, 15) is 13.2 Å². The molecule has 0 unspecified atom stereocenters. The van der Waals surface area contributed by atoms with Crippen molar-refractivity contribution < 1.29 is 13.2 Å². The van der Waals surface area contributed by atoms with E-state index in [2.05, 4.69) is 19.8 Å². The van der Waals surface area contributed by atoms with E-state index in [1.165, 1.54) is 0 Å². The first-order chi connectivity index (χ1) is 12.5. The van der Waals surface area contributed by atoms with Gasteiger partial charge in [-0.2, -0.15) is 18.4 Å². The number of nitrogens with zero attached hydrogens (tertiary/aromatic N) is 5. The first-order valence-corrected chi connectivity index (χ1v) is 8.31. The molecule has 26 heavy (non-hydrogen) atoms. The maximum atomic E-state index is 12.6. The topological polar surface area (TPSA) is 56.1 Å². The zero-order valence-electron chi connectivity index (χ0n) is 14.1. The van der Waals surface area contributed by atoms with Crippen LogP contribution in [0.2, 0.25) is 0 Å². The highest BCUT2D eigenvalue weighted by Gasteiger charge is 2.30. The number of aromatic nitrogens is 2. The van der Waals surface area contributed by atoms with Gasteiger partial charge in [0.15, 0.2) is 0 Å². The second-order valence-corrected chi connectivity index (χ2v) is 6.19. The van der Waals surface area contributed by atoms with Crippen molar-refractivity contribution in [3.63, 3.8) is 0 Å². The van der Waals surface area contributed by atoms with E-state index in [1.807, 2.05) is 6.07 Å². The average molecular weight is 361 g/mol. The number of rotatable bonds is 3. The number of halogens is 3. The Morgan fingerprint density at radius 1 is 1.00 bits per heavy atom. The largest absolute Gasteiger partial charge is 0.416 e. The second kappa shape index (κ2) is 7.70. The van der Waals surface area contributed by atoms with Gasteiger partial charge in [0, 0.05) is 32.7 Å². The van der Waals surface area contributed by atoms with Crippen LogP contribution in [-0.4, -0.2) is 41.0 Å². The van der Waals surface area contributed by atoms with Gasteiger partial charge in [-0.05, 0) is 24.1 Å². The van der Waals surface area contributed by atoms with Gasteiger partial charge in [-0.25, -0.2) is 9.97 Å². The molecule has 0 N–H and O–H groups in total. The molecule has 3 rings (SSSR count). The summed E-state index contributed by atoms with van der Waals surface area (Å²) in [4.78, 5) is 12.4. The highest BCUT2D eigenvalue weighted by molar-refractivity contribution is 5.42. The van der Waals surface area contributed by atoms with Crippen LogP contribution in [0.4, 0.5) is 18.9 Å². The lowest BCUT2D eigenvalue weighted by atomic mass is 10.1. The van der Waals surface area contributed by atoms with E-state index in [4.69, 9.17) is 5.26 Å². The lowest BCUT2D eigenvalue weighted by molar-refractivity contribution is -0.137. The standard InChI is InChI=1S/C18H18F3N5/c19-18(20,21)15-4-2-14(3-5-15)13-25-6-1-7-26(9-8-25)16-11-23-17(10-22)24-12-16/h2-5,11-12H,1,6-9,13H2. The van der Waals surface area contributed by atoms with Crippen molar-refractivity contribution in [2.45, 2.75) is 19.1 Å². The first kappa shape index (κ1) is 18.1. The summed E-state index contributed by atoms with van der Waals surface area (Å²) in [5, 5.41) is 8.76. The molecule has 1 aliphatic heterocycles. The van der Waals surface area contributed by atoms with E-state index in [1.54, 1.807) is 24.5 Å². The van der Waals surface area contributed by atoms with Crippen LogP contribution in [-0.2, 0) is 12.7 Å². The van der Waals surface area contributed by atoms with Crippen molar-refractivity contribution in [1.82, 2.24) is 14.9 Å². The summed E-state index contributed by atoms with van der Waals surface area (Å²) in [6, 6.07) is 7.25. The van der Waals surface area contributed by atoms with Crippen molar-refractivity contribution in [2.24, 2.45) is 0 Å². The van der Waals surface area contributed by atoms with Gasteiger partial charge >= 0.3 is 6.18 Å². The molecule has 1 aromatic heterocycles. The molecule has 0 atom stereocenters. The van der Waals surface area contributed by atoms with Crippen LogP contribution < -0.4 is 4.90 Å². The van der Waals surface area contributed by atoms with E-state index in [-0.39, 0.29) is 5.82 Å². The molecule has 0 amide bonds. The van der Waals surface area contributed by atoms with Crippen molar-refractivity contribution in [2.75, 3.05) is 31.1 Å². The van der Waals surface area contributed by atoms with Crippen LogP contribution in [0.1, 0.15) is 23.4 Å². The van der Waals surface area contributed by atoms with Crippen molar-refractivity contribution in [3.05, 3.63) is 53.6 Å². The molecule has 0 saturated carbocycles. The Kier molecular flexibility index (Phi) is 5.38. The zero-order valence-corrected chi connectivity index (χ0v) is 14.1. The van der Waals surface area contributed by atoms with Gasteiger partial charge in [-0.1, -0.05) is 12.1 Å². The van der Waals surface area contributed by atoms with E-state index in [0.717, 1.165) is 56.0 Å². The Balaban J connectivity index is 1.59. The SMILES string of the molecule is N#Cc1ncc(N2CCCN(Cc3ccc(C(F)(F)F)cc3)CC2)cn1. The van der Waals surface area contributed by atoms with Crippen molar-refractivity contribution in [3.8, 4) is 6.07 Å². The molecule has 8 heteroatoms. The molecule has 2 heterocycles. The van der Waals surface area contributed by atoms with Gasteiger partial charge in [0.05, 0.1) is 23.6 Å². The molecule has 0 bridgehead atoms. The fourth-order valence-electron chi connectivity index (χ4n) is 2.99. The third-order valence-corrected chi connectivity index (χ3v) is 4.38. The van der Waals surface area contributed by atoms with E-state index >= 15 is 0 Å². The van der Waals surface area contributed by atoms with Gasteiger partial charge in [-0.3, -0.25) is 4.90 Å². The van der Waals surface area contributed by atoms with E-state index in [0.29, 0.717) is 6.54 Å². The molecule has 5 nitrogen and oxygen atoms in total. The lowest BCUT2D eigenvalue weighted by Gasteiger charge is -2.23. The van der Waals surface area contributed by atoms with E-state index < -0.39 is 11.7 Å². The Hall–Kier alpha value is -2.66. The van der Waals surface area contributed by atoms with Gasteiger partial charge < -0.3 is 4.90 Å². The molecule has 2 aromatic rings. The third-order valence-electron chi connectivity index (χ3n) is 4.38. The van der Waals surface area contributed by atoms with Gasteiger partial charge in [0.1, 0.15) is 6.07 Å². The predicted molar refractivity (Wildman–Crippen MR) is 90.3 cm³/mol. The lowest BCUT2D eigenvalue weighted by Crippen LogP contribution is -2.30.